The van der Waals surface area contributed by atoms with Gasteiger partial charge in [-0.1, -0.05) is 0 Å². The van der Waals surface area contributed by atoms with E-state index in [2.05, 4.69) is 16.8 Å². The standard InChI is InChI=1S/C12H16ClFN2/c1-15-4-6-16(7-5-15)12-3-2-11(14)8-10(12)9-13/h2-3,8H,4-7,9H2,1H3. The van der Waals surface area contributed by atoms with Crippen molar-refractivity contribution in [3.8, 4) is 0 Å². The van der Waals surface area contributed by atoms with Gasteiger partial charge in [0.25, 0.3) is 0 Å². The van der Waals surface area contributed by atoms with Crippen LogP contribution in [0.5, 0.6) is 0 Å². The largest absolute Gasteiger partial charge is 0.369 e. The topological polar surface area (TPSA) is 6.48 Å². The predicted octanol–water partition coefficient (Wildman–Crippen LogP) is 2.32. The van der Waals surface area contributed by atoms with Crippen LogP contribution in [0.15, 0.2) is 18.2 Å². The van der Waals surface area contributed by atoms with E-state index < -0.39 is 0 Å². The first kappa shape index (κ1) is 11.7. The normalized spacial score (nSPS) is 17.8. The average molecular weight is 243 g/mol. The van der Waals surface area contributed by atoms with Crippen LogP contribution in [0.2, 0.25) is 0 Å². The second-order valence-corrected chi connectivity index (χ2v) is 4.46. The van der Waals surface area contributed by atoms with E-state index in [4.69, 9.17) is 11.6 Å². The summed E-state index contributed by atoms with van der Waals surface area (Å²) in [7, 11) is 2.12. The average Bonchev–Trinajstić information content (AvgIpc) is 2.30. The van der Waals surface area contributed by atoms with Crippen LogP contribution < -0.4 is 4.90 Å². The first-order valence-electron chi connectivity index (χ1n) is 5.48. The summed E-state index contributed by atoms with van der Waals surface area (Å²) >= 11 is 5.85. The van der Waals surface area contributed by atoms with E-state index in [1.807, 2.05) is 6.07 Å². The SMILES string of the molecule is CN1CCN(c2ccc(F)cc2CCl)CC1. The zero-order valence-corrected chi connectivity index (χ0v) is 10.2. The maximum atomic E-state index is 13.1. The van der Waals surface area contributed by atoms with Gasteiger partial charge in [0, 0.05) is 37.7 Å². The second kappa shape index (κ2) is 5.02. The van der Waals surface area contributed by atoms with Gasteiger partial charge in [0.05, 0.1) is 0 Å². The smallest absolute Gasteiger partial charge is 0.123 e. The zero-order chi connectivity index (χ0) is 11.5. The van der Waals surface area contributed by atoms with Gasteiger partial charge in [-0.25, -0.2) is 4.39 Å². The van der Waals surface area contributed by atoms with Crippen molar-refractivity contribution in [3.05, 3.63) is 29.6 Å². The number of hydrogen-bond acceptors (Lipinski definition) is 2. The third-order valence-electron chi connectivity index (χ3n) is 3.03. The molecule has 1 aromatic carbocycles. The molecule has 0 atom stereocenters. The summed E-state index contributed by atoms with van der Waals surface area (Å²) in [5, 5.41) is 0. The minimum atomic E-state index is -0.214. The molecule has 0 saturated carbocycles. The molecular formula is C12H16ClFN2. The van der Waals surface area contributed by atoms with Crippen LogP contribution >= 0.6 is 11.6 Å². The molecule has 1 aromatic rings. The van der Waals surface area contributed by atoms with Crippen LogP contribution in [0, 0.1) is 5.82 Å². The van der Waals surface area contributed by atoms with Crippen molar-refractivity contribution in [2.24, 2.45) is 0 Å². The number of likely N-dealkylation sites (N-methyl/N-ethyl adjacent to an activating group) is 1. The third-order valence-corrected chi connectivity index (χ3v) is 3.32. The molecular weight excluding hydrogens is 227 g/mol. The number of nitrogens with zero attached hydrogens (tertiary/aromatic N) is 2. The van der Waals surface area contributed by atoms with E-state index >= 15 is 0 Å². The minimum absolute atomic E-state index is 0.214. The molecule has 2 rings (SSSR count). The molecule has 16 heavy (non-hydrogen) atoms. The molecule has 0 amide bonds. The fourth-order valence-corrected chi connectivity index (χ4v) is 2.23. The van der Waals surface area contributed by atoms with Crippen LogP contribution in [-0.4, -0.2) is 38.1 Å². The summed E-state index contributed by atoms with van der Waals surface area (Å²) in [6.45, 7) is 4.04. The van der Waals surface area contributed by atoms with Gasteiger partial charge in [-0.15, -0.1) is 11.6 Å². The van der Waals surface area contributed by atoms with E-state index in [0.717, 1.165) is 37.4 Å². The first-order valence-corrected chi connectivity index (χ1v) is 6.02. The van der Waals surface area contributed by atoms with E-state index in [1.54, 1.807) is 0 Å². The molecule has 1 heterocycles. The summed E-state index contributed by atoms with van der Waals surface area (Å²) in [6.07, 6.45) is 0. The Morgan fingerprint density at radius 1 is 1.25 bits per heavy atom. The molecule has 2 nitrogen and oxygen atoms in total. The van der Waals surface area contributed by atoms with Crippen LogP contribution in [-0.2, 0) is 5.88 Å². The highest BCUT2D eigenvalue weighted by Gasteiger charge is 2.16. The van der Waals surface area contributed by atoms with Gasteiger partial charge in [-0.2, -0.15) is 0 Å². The molecule has 0 aliphatic carbocycles. The summed E-state index contributed by atoms with van der Waals surface area (Å²) in [4.78, 5) is 4.57. The van der Waals surface area contributed by atoms with Gasteiger partial charge in [0.2, 0.25) is 0 Å². The molecule has 0 spiro atoms. The van der Waals surface area contributed by atoms with Crippen LogP contribution in [0.25, 0.3) is 0 Å². The lowest BCUT2D eigenvalue weighted by atomic mass is 10.1. The number of benzene rings is 1. The lowest BCUT2D eigenvalue weighted by Gasteiger charge is -2.35. The number of piperazine rings is 1. The Labute approximate surface area is 101 Å². The molecule has 1 saturated heterocycles. The molecule has 4 heteroatoms. The predicted molar refractivity (Wildman–Crippen MR) is 65.7 cm³/mol. The van der Waals surface area contributed by atoms with Gasteiger partial charge >= 0.3 is 0 Å². The molecule has 0 radical (unpaired) electrons. The second-order valence-electron chi connectivity index (χ2n) is 4.20. The lowest BCUT2D eigenvalue weighted by Crippen LogP contribution is -2.44. The third kappa shape index (κ3) is 2.47. The first-order chi connectivity index (χ1) is 7.70. The number of hydrogen-bond donors (Lipinski definition) is 0. The summed E-state index contributed by atoms with van der Waals surface area (Å²) in [5.74, 6) is 0.146. The Kier molecular flexibility index (Phi) is 3.66. The number of alkyl halides is 1. The number of halogens is 2. The van der Waals surface area contributed by atoms with Crippen molar-refractivity contribution < 1.29 is 4.39 Å². The van der Waals surface area contributed by atoms with Gasteiger partial charge in [-0.05, 0) is 30.8 Å². The molecule has 1 fully saturated rings. The van der Waals surface area contributed by atoms with Gasteiger partial charge < -0.3 is 9.80 Å². The Morgan fingerprint density at radius 2 is 1.94 bits per heavy atom. The van der Waals surface area contributed by atoms with Crippen molar-refractivity contribution in [1.82, 2.24) is 4.90 Å². The molecule has 0 aromatic heterocycles. The van der Waals surface area contributed by atoms with Gasteiger partial charge in [0.15, 0.2) is 0 Å². The van der Waals surface area contributed by atoms with Crippen LogP contribution in [0.3, 0.4) is 0 Å². The van der Waals surface area contributed by atoms with Gasteiger partial charge in [-0.3, -0.25) is 0 Å². The number of rotatable bonds is 2. The lowest BCUT2D eigenvalue weighted by molar-refractivity contribution is 0.312. The van der Waals surface area contributed by atoms with Gasteiger partial charge in [0.1, 0.15) is 5.82 Å². The minimum Gasteiger partial charge on any atom is -0.369 e. The fraction of sp³-hybridized carbons (Fsp3) is 0.500. The Morgan fingerprint density at radius 3 is 2.56 bits per heavy atom. The van der Waals surface area contributed by atoms with Crippen LogP contribution in [0.1, 0.15) is 5.56 Å². The summed E-state index contributed by atoms with van der Waals surface area (Å²) in [5.41, 5.74) is 1.95. The molecule has 0 bridgehead atoms. The zero-order valence-electron chi connectivity index (χ0n) is 9.42. The quantitative estimate of drug-likeness (QED) is 0.735. The van der Waals surface area contributed by atoms with Crippen molar-refractivity contribution in [3.63, 3.8) is 0 Å². The molecule has 0 unspecified atom stereocenters. The summed E-state index contributed by atoms with van der Waals surface area (Å²) in [6, 6.07) is 4.86. The van der Waals surface area contributed by atoms with Crippen molar-refractivity contribution >= 4 is 17.3 Å². The monoisotopic (exact) mass is 242 g/mol. The highest BCUT2D eigenvalue weighted by atomic mass is 35.5. The van der Waals surface area contributed by atoms with E-state index in [-0.39, 0.29) is 5.82 Å². The summed E-state index contributed by atoms with van der Waals surface area (Å²) < 4.78 is 13.1. The van der Waals surface area contributed by atoms with Crippen molar-refractivity contribution in [2.45, 2.75) is 5.88 Å². The highest BCUT2D eigenvalue weighted by Crippen LogP contribution is 2.24. The maximum absolute atomic E-state index is 13.1. The Hall–Kier alpha value is -0.800. The van der Waals surface area contributed by atoms with Crippen LogP contribution in [0.4, 0.5) is 10.1 Å². The molecule has 1 aliphatic heterocycles. The van der Waals surface area contributed by atoms with E-state index in [0.29, 0.717) is 5.88 Å². The fourth-order valence-electron chi connectivity index (χ4n) is 2.02. The Balaban J connectivity index is 2.19. The Bertz CT molecular complexity index is 362. The number of anilines is 1. The van der Waals surface area contributed by atoms with E-state index in [9.17, 15) is 4.39 Å². The maximum Gasteiger partial charge on any atom is 0.123 e. The molecule has 88 valence electrons. The van der Waals surface area contributed by atoms with E-state index in [1.165, 1.54) is 12.1 Å². The highest BCUT2D eigenvalue weighted by molar-refractivity contribution is 6.17. The van der Waals surface area contributed by atoms with Crippen molar-refractivity contribution in [1.29, 1.82) is 0 Å². The molecule has 0 N–H and O–H groups in total. The van der Waals surface area contributed by atoms with Crippen molar-refractivity contribution in [2.75, 3.05) is 38.1 Å². The molecule has 1 aliphatic rings.